The zero-order valence-corrected chi connectivity index (χ0v) is 12.9. The van der Waals surface area contributed by atoms with Crippen LogP contribution in [0.15, 0.2) is 28.4 Å². The molecule has 0 radical (unpaired) electrons. The van der Waals surface area contributed by atoms with Gasteiger partial charge in [-0.3, -0.25) is 0 Å². The van der Waals surface area contributed by atoms with Gasteiger partial charge in [0, 0.05) is 7.05 Å². The molecule has 0 saturated carbocycles. The summed E-state index contributed by atoms with van der Waals surface area (Å²) in [5.41, 5.74) is 0.453. The summed E-state index contributed by atoms with van der Waals surface area (Å²) in [4.78, 5) is 3.85. The fourth-order valence-corrected chi connectivity index (χ4v) is 1.99. The molecule has 1 rings (SSSR count). The molecule has 19 heavy (non-hydrogen) atoms. The van der Waals surface area contributed by atoms with Gasteiger partial charge in [-0.2, -0.15) is 0 Å². The van der Waals surface area contributed by atoms with Crippen molar-refractivity contribution >= 4 is 13.8 Å². The Balaban J connectivity index is 2.87. The van der Waals surface area contributed by atoms with Gasteiger partial charge in [0.2, 0.25) is 0 Å². The summed E-state index contributed by atoms with van der Waals surface area (Å²) in [6.07, 6.45) is 4.72. The molecule has 1 aliphatic rings. The highest BCUT2D eigenvalue weighted by Crippen LogP contribution is 2.40. The summed E-state index contributed by atoms with van der Waals surface area (Å²) < 4.78 is 12.1. The van der Waals surface area contributed by atoms with E-state index in [1.54, 1.807) is 0 Å². The van der Waals surface area contributed by atoms with Crippen LogP contribution in [0.1, 0.15) is 41.0 Å². The normalized spacial score (nSPS) is 27.6. The molecule has 1 saturated heterocycles. The molecule has 0 aromatic carbocycles. The third-order valence-electron chi connectivity index (χ3n) is 4.02. The maximum Gasteiger partial charge on any atom is 0.490 e. The largest absolute Gasteiger partial charge is 0.490 e. The van der Waals surface area contributed by atoms with Crippen LogP contribution in [-0.4, -0.2) is 32.1 Å². The maximum absolute atomic E-state index is 6.09. The SMILES string of the molecule is C=N/C(=C\C=C(/C)B1OC(C)(C)C(C)(CC)O1)NC. The third kappa shape index (κ3) is 3.28. The van der Waals surface area contributed by atoms with E-state index in [0.717, 1.165) is 17.7 Å². The van der Waals surface area contributed by atoms with E-state index in [-0.39, 0.29) is 18.3 Å². The second-order valence-corrected chi connectivity index (χ2v) is 5.53. The minimum atomic E-state index is -0.306. The first-order valence-corrected chi connectivity index (χ1v) is 6.68. The van der Waals surface area contributed by atoms with Crippen LogP contribution in [0.5, 0.6) is 0 Å². The highest BCUT2D eigenvalue weighted by molar-refractivity contribution is 6.54. The molecule has 1 unspecified atom stereocenters. The summed E-state index contributed by atoms with van der Waals surface area (Å²) >= 11 is 0. The Morgan fingerprint density at radius 1 is 1.32 bits per heavy atom. The van der Waals surface area contributed by atoms with Gasteiger partial charge < -0.3 is 14.6 Å². The van der Waals surface area contributed by atoms with E-state index < -0.39 is 0 Å². The highest BCUT2D eigenvalue weighted by atomic mass is 16.7. The molecule has 1 atom stereocenters. The van der Waals surface area contributed by atoms with Gasteiger partial charge in [0.1, 0.15) is 5.82 Å². The lowest BCUT2D eigenvalue weighted by Crippen LogP contribution is -2.44. The smallest absolute Gasteiger partial charge is 0.400 e. The zero-order valence-electron chi connectivity index (χ0n) is 12.9. The van der Waals surface area contributed by atoms with Gasteiger partial charge in [-0.05, 0) is 52.4 Å². The van der Waals surface area contributed by atoms with E-state index >= 15 is 0 Å². The summed E-state index contributed by atoms with van der Waals surface area (Å²) in [7, 11) is 1.50. The van der Waals surface area contributed by atoms with Crippen LogP contribution >= 0.6 is 0 Å². The van der Waals surface area contributed by atoms with Gasteiger partial charge >= 0.3 is 7.12 Å². The van der Waals surface area contributed by atoms with Crippen molar-refractivity contribution in [2.75, 3.05) is 7.05 Å². The molecule has 0 aromatic rings. The minimum Gasteiger partial charge on any atom is -0.400 e. The molecule has 1 fully saturated rings. The topological polar surface area (TPSA) is 42.9 Å². The number of hydrogen-bond donors (Lipinski definition) is 1. The average Bonchev–Trinajstić information content (AvgIpc) is 2.62. The standard InChI is InChI=1S/C14H25BN2O2/c1-8-14(5)13(3,4)18-15(19-14)11(2)9-10-12(16-6)17-7/h9-10,17H,6,8H2,1-5,7H3/b11-9+,12-10+. The van der Waals surface area contributed by atoms with E-state index in [2.05, 4.69) is 44.7 Å². The van der Waals surface area contributed by atoms with E-state index in [4.69, 9.17) is 9.31 Å². The number of nitrogens with zero attached hydrogens (tertiary/aromatic N) is 1. The van der Waals surface area contributed by atoms with Gasteiger partial charge in [0.25, 0.3) is 0 Å². The van der Waals surface area contributed by atoms with E-state index in [0.29, 0.717) is 0 Å². The Morgan fingerprint density at radius 3 is 2.37 bits per heavy atom. The summed E-state index contributed by atoms with van der Waals surface area (Å²) in [6, 6.07) is 0. The van der Waals surface area contributed by atoms with Gasteiger partial charge in [-0.15, -0.1) is 0 Å². The number of nitrogens with one attached hydrogen (secondary N) is 1. The summed E-state index contributed by atoms with van der Waals surface area (Å²) in [5.74, 6) is 0.717. The van der Waals surface area contributed by atoms with Crippen molar-refractivity contribution in [2.45, 2.75) is 52.2 Å². The van der Waals surface area contributed by atoms with Crippen LogP contribution in [0.4, 0.5) is 0 Å². The predicted octanol–water partition coefficient (Wildman–Crippen LogP) is 2.72. The van der Waals surface area contributed by atoms with E-state index in [1.807, 2.05) is 26.1 Å². The van der Waals surface area contributed by atoms with E-state index in [1.165, 1.54) is 0 Å². The Hall–Kier alpha value is -1.07. The van der Waals surface area contributed by atoms with Crippen molar-refractivity contribution in [3.63, 3.8) is 0 Å². The summed E-state index contributed by atoms with van der Waals surface area (Å²) in [6.45, 7) is 13.9. The Morgan fingerprint density at radius 2 is 1.95 bits per heavy atom. The Kier molecular flexibility index (Phi) is 4.99. The molecule has 1 aliphatic heterocycles. The highest BCUT2D eigenvalue weighted by Gasteiger charge is 2.53. The third-order valence-corrected chi connectivity index (χ3v) is 4.02. The number of aliphatic imine (C=N–C) groups is 1. The van der Waals surface area contributed by atoms with Crippen molar-refractivity contribution in [1.82, 2.24) is 5.32 Å². The number of rotatable bonds is 5. The van der Waals surface area contributed by atoms with E-state index in [9.17, 15) is 0 Å². The van der Waals surface area contributed by atoms with Crippen molar-refractivity contribution in [3.05, 3.63) is 23.4 Å². The average molecular weight is 264 g/mol. The predicted molar refractivity (Wildman–Crippen MR) is 81.1 cm³/mol. The molecular formula is C14H25BN2O2. The second kappa shape index (κ2) is 5.93. The lowest BCUT2D eigenvalue weighted by Gasteiger charge is -2.35. The Bertz CT molecular complexity index is 404. The molecule has 5 heteroatoms. The molecule has 106 valence electrons. The molecule has 0 bridgehead atoms. The molecule has 0 aromatic heterocycles. The fourth-order valence-electron chi connectivity index (χ4n) is 1.99. The first-order valence-electron chi connectivity index (χ1n) is 6.68. The maximum atomic E-state index is 6.09. The van der Waals surface area contributed by atoms with Crippen LogP contribution in [0.2, 0.25) is 0 Å². The van der Waals surface area contributed by atoms with Gasteiger partial charge in [0.05, 0.1) is 11.2 Å². The lowest BCUT2D eigenvalue weighted by molar-refractivity contribution is -0.0118. The lowest BCUT2D eigenvalue weighted by atomic mass is 9.79. The molecule has 4 nitrogen and oxygen atoms in total. The molecule has 0 aliphatic carbocycles. The van der Waals surface area contributed by atoms with Crippen LogP contribution in [0.3, 0.4) is 0 Å². The van der Waals surface area contributed by atoms with Crippen LogP contribution in [-0.2, 0) is 9.31 Å². The van der Waals surface area contributed by atoms with Gasteiger partial charge in [-0.25, -0.2) is 4.99 Å². The van der Waals surface area contributed by atoms with Gasteiger partial charge in [-0.1, -0.05) is 13.0 Å². The molecule has 1 N–H and O–H groups in total. The number of hydrogen-bond acceptors (Lipinski definition) is 4. The molecular weight excluding hydrogens is 239 g/mol. The molecule has 0 amide bonds. The van der Waals surface area contributed by atoms with Crippen LogP contribution in [0, 0.1) is 0 Å². The molecule has 0 spiro atoms. The van der Waals surface area contributed by atoms with Crippen LogP contribution < -0.4 is 5.32 Å². The van der Waals surface area contributed by atoms with Crippen molar-refractivity contribution in [2.24, 2.45) is 4.99 Å². The van der Waals surface area contributed by atoms with Crippen molar-refractivity contribution < 1.29 is 9.31 Å². The fraction of sp³-hybridized carbons (Fsp3) is 0.643. The molecule has 1 heterocycles. The quantitative estimate of drug-likeness (QED) is 0.471. The Labute approximate surface area is 117 Å². The van der Waals surface area contributed by atoms with Crippen molar-refractivity contribution in [1.29, 1.82) is 0 Å². The first-order chi connectivity index (χ1) is 8.79. The van der Waals surface area contributed by atoms with Gasteiger partial charge in [0.15, 0.2) is 0 Å². The zero-order chi connectivity index (χ0) is 14.7. The monoisotopic (exact) mass is 264 g/mol. The van der Waals surface area contributed by atoms with Crippen LogP contribution in [0.25, 0.3) is 0 Å². The number of allylic oxidation sites excluding steroid dienone is 3. The van der Waals surface area contributed by atoms with Crippen molar-refractivity contribution in [3.8, 4) is 0 Å². The minimum absolute atomic E-state index is 0.265. The second-order valence-electron chi connectivity index (χ2n) is 5.53. The summed E-state index contributed by atoms with van der Waals surface area (Å²) in [5, 5.41) is 2.95. The first kappa shape index (κ1) is 16.0.